The molecule has 0 bridgehead atoms. The standard InChI is InChI=1S/C21H19Cl2N7O2/c22-15-6-3-4-12(17(15)23)10-30(11-13-5-1-2-7-25-13)21(32)20(31)28-16-9-26-19(24)14-8-27-29-18(14)16/h1-2,4-5,7-9H,3,6,10-11H2,(H2,24,26)(H,27,29)(H,28,31). The Balaban J connectivity index is 1.58. The molecule has 0 spiro atoms. The fraction of sp³-hybridized carbons (Fsp3) is 0.190. The fourth-order valence-electron chi connectivity index (χ4n) is 3.34. The third-order valence-corrected chi connectivity index (χ3v) is 5.91. The van der Waals surface area contributed by atoms with Crippen LogP contribution in [-0.4, -0.2) is 43.4 Å². The highest BCUT2D eigenvalue weighted by molar-refractivity contribution is 6.41. The minimum Gasteiger partial charge on any atom is -0.383 e. The summed E-state index contributed by atoms with van der Waals surface area (Å²) in [6.07, 6.45) is 7.75. The number of rotatable bonds is 5. The number of aromatic amines is 1. The Morgan fingerprint density at radius 3 is 2.81 bits per heavy atom. The molecule has 3 aromatic heterocycles. The number of nitrogen functional groups attached to an aromatic ring is 1. The predicted molar refractivity (Wildman–Crippen MR) is 123 cm³/mol. The molecule has 164 valence electrons. The highest BCUT2D eigenvalue weighted by Gasteiger charge is 2.26. The van der Waals surface area contributed by atoms with Crippen LogP contribution in [0.15, 0.2) is 58.5 Å². The van der Waals surface area contributed by atoms with Crippen molar-refractivity contribution in [2.24, 2.45) is 0 Å². The van der Waals surface area contributed by atoms with E-state index >= 15 is 0 Å². The first-order chi connectivity index (χ1) is 15.4. The molecular formula is C21H19Cl2N7O2. The zero-order valence-corrected chi connectivity index (χ0v) is 18.3. The van der Waals surface area contributed by atoms with Gasteiger partial charge in [0, 0.05) is 17.8 Å². The van der Waals surface area contributed by atoms with Crippen molar-refractivity contribution in [3.05, 3.63) is 64.2 Å². The van der Waals surface area contributed by atoms with E-state index in [0.29, 0.717) is 50.8 Å². The van der Waals surface area contributed by atoms with Crippen LogP contribution in [0.1, 0.15) is 18.5 Å². The number of hydrogen-bond acceptors (Lipinski definition) is 6. The lowest BCUT2D eigenvalue weighted by atomic mass is 10.1. The maximum atomic E-state index is 13.2. The maximum Gasteiger partial charge on any atom is 0.314 e. The molecule has 3 aromatic rings. The lowest BCUT2D eigenvalue weighted by molar-refractivity contribution is -0.143. The number of carbonyl (C=O) groups is 2. The molecule has 0 atom stereocenters. The Labute approximate surface area is 193 Å². The second-order valence-corrected chi connectivity index (χ2v) is 7.97. The van der Waals surface area contributed by atoms with Crippen LogP contribution < -0.4 is 11.1 Å². The minimum absolute atomic E-state index is 0.108. The van der Waals surface area contributed by atoms with Crippen LogP contribution in [0.3, 0.4) is 0 Å². The van der Waals surface area contributed by atoms with Gasteiger partial charge in [0.25, 0.3) is 0 Å². The number of aromatic nitrogens is 4. The third kappa shape index (κ3) is 4.58. The first kappa shape index (κ1) is 21.8. The number of nitrogens with two attached hydrogens (primary N) is 1. The van der Waals surface area contributed by atoms with Crippen molar-refractivity contribution >= 4 is 57.4 Å². The number of nitrogens with one attached hydrogen (secondary N) is 2. The average molecular weight is 472 g/mol. The molecule has 0 fully saturated rings. The van der Waals surface area contributed by atoms with E-state index in [4.69, 9.17) is 28.9 Å². The molecule has 9 nitrogen and oxygen atoms in total. The van der Waals surface area contributed by atoms with Gasteiger partial charge < -0.3 is 16.0 Å². The summed E-state index contributed by atoms with van der Waals surface area (Å²) in [7, 11) is 0. The van der Waals surface area contributed by atoms with E-state index in [2.05, 4.69) is 25.5 Å². The van der Waals surface area contributed by atoms with E-state index in [1.807, 2.05) is 12.1 Å². The second-order valence-electron chi connectivity index (χ2n) is 7.14. The molecule has 4 rings (SSSR count). The lowest BCUT2D eigenvalue weighted by Crippen LogP contribution is -2.40. The molecule has 4 N–H and O–H groups in total. The summed E-state index contributed by atoms with van der Waals surface area (Å²) in [5.74, 6) is -1.34. The summed E-state index contributed by atoms with van der Waals surface area (Å²) in [6, 6.07) is 5.36. The number of anilines is 2. The summed E-state index contributed by atoms with van der Waals surface area (Å²) in [4.78, 5) is 35.7. The molecule has 0 saturated carbocycles. The summed E-state index contributed by atoms with van der Waals surface area (Å²) in [5.41, 5.74) is 7.90. The first-order valence-corrected chi connectivity index (χ1v) is 10.5. The SMILES string of the molecule is Nc1ncc(NC(=O)C(=O)N(CC2=CCCC(Cl)=C2Cl)Cc2ccccn2)c2[nH]ncc12. The summed E-state index contributed by atoms with van der Waals surface area (Å²) in [5, 5.41) is 10.7. The molecule has 0 aliphatic heterocycles. The van der Waals surface area contributed by atoms with E-state index < -0.39 is 11.8 Å². The largest absolute Gasteiger partial charge is 0.383 e. The number of allylic oxidation sites excluding steroid dienone is 2. The Morgan fingerprint density at radius 2 is 2.03 bits per heavy atom. The normalized spacial score (nSPS) is 13.8. The Kier molecular flexibility index (Phi) is 6.38. The molecule has 32 heavy (non-hydrogen) atoms. The zero-order valence-electron chi connectivity index (χ0n) is 16.8. The fourth-order valence-corrected chi connectivity index (χ4v) is 3.80. The van der Waals surface area contributed by atoms with Gasteiger partial charge in [-0.3, -0.25) is 19.7 Å². The van der Waals surface area contributed by atoms with Gasteiger partial charge in [0.05, 0.1) is 46.3 Å². The van der Waals surface area contributed by atoms with Crippen LogP contribution in [0.5, 0.6) is 0 Å². The molecular weight excluding hydrogens is 453 g/mol. The van der Waals surface area contributed by atoms with Gasteiger partial charge in [-0.2, -0.15) is 5.10 Å². The number of fused-ring (bicyclic) bond motifs is 1. The van der Waals surface area contributed by atoms with Crippen LogP contribution in [0.2, 0.25) is 0 Å². The number of halogens is 2. The third-order valence-electron chi connectivity index (χ3n) is 4.96. The van der Waals surface area contributed by atoms with Crippen molar-refractivity contribution in [1.82, 2.24) is 25.1 Å². The van der Waals surface area contributed by atoms with E-state index in [0.717, 1.165) is 0 Å². The quantitative estimate of drug-likeness (QED) is 0.489. The second kappa shape index (κ2) is 9.37. The van der Waals surface area contributed by atoms with E-state index in [9.17, 15) is 9.59 Å². The summed E-state index contributed by atoms with van der Waals surface area (Å²) >= 11 is 12.6. The van der Waals surface area contributed by atoms with Gasteiger partial charge in [-0.1, -0.05) is 35.3 Å². The monoisotopic (exact) mass is 471 g/mol. The van der Waals surface area contributed by atoms with Crippen LogP contribution in [0.25, 0.3) is 10.9 Å². The van der Waals surface area contributed by atoms with Gasteiger partial charge >= 0.3 is 11.8 Å². The molecule has 3 heterocycles. The van der Waals surface area contributed by atoms with Crippen molar-refractivity contribution < 1.29 is 9.59 Å². The minimum atomic E-state index is -0.842. The first-order valence-electron chi connectivity index (χ1n) is 9.75. The Hall–Kier alpha value is -3.43. The van der Waals surface area contributed by atoms with E-state index in [1.165, 1.54) is 17.3 Å². The zero-order chi connectivity index (χ0) is 22.7. The highest BCUT2D eigenvalue weighted by Crippen LogP contribution is 2.31. The molecule has 0 saturated heterocycles. The molecule has 0 aromatic carbocycles. The van der Waals surface area contributed by atoms with Gasteiger partial charge in [-0.25, -0.2) is 4.98 Å². The summed E-state index contributed by atoms with van der Waals surface area (Å²) < 4.78 is 0. The van der Waals surface area contributed by atoms with Crippen molar-refractivity contribution in [1.29, 1.82) is 0 Å². The van der Waals surface area contributed by atoms with E-state index in [-0.39, 0.29) is 18.9 Å². The van der Waals surface area contributed by atoms with Gasteiger partial charge in [0.1, 0.15) is 5.82 Å². The molecule has 11 heteroatoms. The van der Waals surface area contributed by atoms with Crippen molar-refractivity contribution in [2.75, 3.05) is 17.6 Å². The van der Waals surface area contributed by atoms with Gasteiger partial charge in [0.2, 0.25) is 0 Å². The highest BCUT2D eigenvalue weighted by atomic mass is 35.5. The number of hydrogen-bond donors (Lipinski definition) is 3. The van der Waals surface area contributed by atoms with Crippen molar-refractivity contribution in [3.63, 3.8) is 0 Å². The molecule has 0 unspecified atom stereocenters. The number of nitrogens with zero attached hydrogens (tertiary/aromatic N) is 4. The van der Waals surface area contributed by atoms with Gasteiger partial charge in [0.15, 0.2) is 0 Å². The molecule has 2 amide bonds. The van der Waals surface area contributed by atoms with Crippen LogP contribution in [0, 0.1) is 0 Å². The lowest BCUT2D eigenvalue weighted by Gasteiger charge is -2.25. The number of amides is 2. The smallest absolute Gasteiger partial charge is 0.314 e. The van der Waals surface area contributed by atoms with Gasteiger partial charge in [-0.15, -0.1) is 0 Å². The Bertz CT molecular complexity index is 1240. The van der Waals surface area contributed by atoms with Crippen molar-refractivity contribution in [2.45, 2.75) is 19.4 Å². The number of pyridine rings is 2. The number of carbonyl (C=O) groups excluding carboxylic acids is 2. The molecule has 0 radical (unpaired) electrons. The molecule has 1 aliphatic carbocycles. The number of H-pyrrole nitrogens is 1. The topological polar surface area (TPSA) is 130 Å². The molecule has 1 aliphatic rings. The van der Waals surface area contributed by atoms with Crippen molar-refractivity contribution in [3.8, 4) is 0 Å². The Morgan fingerprint density at radius 1 is 1.19 bits per heavy atom. The van der Waals surface area contributed by atoms with Crippen LogP contribution in [0.4, 0.5) is 11.5 Å². The maximum absolute atomic E-state index is 13.2. The average Bonchev–Trinajstić information content (AvgIpc) is 3.29. The van der Waals surface area contributed by atoms with Gasteiger partial charge in [-0.05, 0) is 30.5 Å². The summed E-state index contributed by atoms with van der Waals surface area (Å²) in [6.45, 7) is 0.225. The van der Waals surface area contributed by atoms with Crippen LogP contribution >= 0.6 is 23.2 Å². The van der Waals surface area contributed by atoms with E-state index in [1.54, 1.807) is 18.3 Å². The van der Waals surface area contributed by atoms with Crippen LogP contribution in [-0.2, 0) is 16.1 Å². The predicted octanol–water partition coefficient (Wildman–Crippen LogP) is 3.31.